The van der Waals surface area contributed by atoms with Crippen molar-refractivity contribution in [2.45, 2.75) is 31.9 Å². The minimum absolute atomic E-state index is 0.335. The molecular weight excluding hydrogens is 238 g/mol. The first-order valence-corrected chi connectivity index (χ1v) is 6.86. The summed E-state index contributed by atoms with van der Waals surface area (Å²) in [6, 6.07) is 12.1. The zero-order chi connectivity index (χ0) is 13.2. The van der Waals surface area contributed by atoms with Crippen LogP contribution in [0, 0.1) is 0 Å². The number of benzene rings is 2. The lowest BCUT2D eigenvalue weighted by molar-refractivity contribution is 0.00302. The molecular formula is C16H19NO2. The molecule has 3 heteroatoms. The number of ether oxygens (including phenoxy) is 1. The minimum Gasteiger partial charge on any atom is -0.507 e. The second-order valence-electron chi connectivity index (χ2n) is 5.07. The Balaban J connectivity index is 1.77. The Morgan fingerprint density at radius 2 is 1.89 bits per heavy atom. The van der Waals surface area contributed by atoms with Crippen LogP contribution in [-0.2, 0) is 4.74 Å². The van der Waals surface area contributed by atoms with Crippen molar-refractivity contribution in [3.63, 3.8) is 0 Å². The monoisotopic (exact) mass is 257 g/mol. The van der Waals surface area contributed by atoms with Gasteiger partial charge in [-0.05, 0) is 31.9 Å². The van der Waals surface area contributed by atoms with Crippen molar-refractivity contribution in [2.75, 3.05) is 11.9 Å². The summed E-state index contributed by atoms with van der Waals surface area (Å²) in [7, 11) is 0. The van der Waals surface area contributed by atoms with E-state index in [-0.39, 0.29) is 0 Å². The van der Waals surface area contributed by atoms with Crippen LogP contribution >= 0.6 is 0 Å². The largest absolute Gasteiger partial charge is 0.507 e. The van der Waals surface area contributed by atoms with Gasteiger partial charge in [-0.1, -0.05) is 24.3 Å². The van der Waals surface area contributed by atoms with Gasteiger partial charge in [-0.15, -0.1) is 0 Å². The molecule has 2 aromatic rings. The Kier molecular flexibility index (Phi) is 3.30. The number of rotatable bonds is 4. The number of hydrogen-bond donors (Lipinski definition) is 2. The van der Waals surface area contributed by atoms with Crippen LogP contribution in [0.15, 0.2) is 36.4 Å². The number of nitrogens with one attached hydrogen (secondary N) is 1. The second kappa shape index (κ2) is 5.10. The molecule has 0 bridgehead atoms. The van der Waals surface area contributed by atoms with Gasteiger partial charge in [0.2, 0.25) is 0 Å². The van der Waals surface area contributed by atoms with Crippen molar-refractivity contribution in [1.82, 2.24) is 0 Å². The summed E-state index contributed by atoms with van der Waals surface area (Å²) in [5.74, 6) is 0.335. The summed E-state index contributed by atoms with van der Waals surface area (Å²) in [6.07, 6.45) is 2.53. The van der Waals surface area contributed by atoms with E-state index in [4.69, 9.17) is 4.74 Å². The summed E-state index contributed by atoms with van der Waals surface area (Å²) < 4.78 is 5.57. The van der Waals surface area contributed by atoms with E-state index in [9.17, 15) is 5.11 Å². The van der Waals surface area contributed by atoms with Gasteiger partial charge in [0.1, 0.15) is 5.75 Å². The Hall–Kier alpha value is -1.74. The van der Waals surface area contributed by atoms with Crippen LogP contribution in [0.2, 0.25) is 0 Å². The maximum absolute atomic E-state index is 9.87. The number of anilines is 1. The lowest BCUT2D eigenvalue weighted by Gasteiger charge is -2.36. The summed E-state index contributed by atoms with van der Waals surface area (Å²) in [4.78, 5) is 0. The molecule has 0 unspecified atom stereocenters. The number of fused-ring (bicyclic) bond motifs is 1. The molecule has 3 rings (SSSR count). The Morgan fingerprint density at radius 3 is 2.68 bits per heavy atom. The molecule has 0 spiro atoms. The number of phenols is 1. The van der Waals surface area contributed by atoms with Gasteiger partial charge in [-0.2, -0.15) is 0 Å². The van der Waals surface area contributed by atoms with Gasteiger partial charge in [-0.25, -0.2) is 0 Å². The number of phenolic OH excluding ortho intramolecular Hbond substituents is 1. The molecule has 3 nitrogen and oxygen atoms in total. The van der Waals surface area contributed by atoms with Gasteiger partial charge in [0.05, 0.1) is 6.10 Å². The molecule has 100 valence electrons. The fourth-order valence-electron chi connectivity index (χ4n) is 2.69. The summed E-state index contributed by atoms with van der Waals surface area (Å²) in [5, 5.41) is 15.4. The Labute approximate surface area is 113 Å². The second-order valence-corrected chi connectivity index (χ2v) is 5.07. The third kappa shape index (κ3) is 2.38. The van der Waals surface area contributed by atoms with E-state index in [1.807, 2.05) is 31.2 Å². The van der Waals surface area contributed by atoms with Gasteiger partial charge in [0, 0.05) is 29.1 Å². The molecule has 2 aromatic carbocycles. The molecule has 0 atom stereocenters. The predicted octanol–water partition coefficient (Wildman–Crippen LogP) is 3.52. The standard InChI is InChI=1S/C16H19NO2/c1-2-19-12-9-11(10-12)17-15-7-3-6-14-13(15)5-4-8-16(14)18/h3-8,11-12,17-18H,2,9-10H2,1H3. The molecule has 0 aromatic heterocycles. The highest BCUT2D eigenvalue weighted by Gasteiger charge is 2.29. The lowest BCUT2D eigenvalue weighted by Crippen LogP contribution is -2.40. The van der Waals surface area contributed by atoms with Gasteiger partial charge < -0.3 is 15.2 Å². The minimum atomic E-state index is 0.335. The van der Waals surface area contributed by atoms with E-state index in [1.165, 1.54) is 0 Å². The molecule has 0 heterocycles. The summed E-state index contributed by atoms with van der Waals surface area (Å²) in [6.45, 7) is 2.83. The van der Waals surface area contributed by atoms with Crippen molar-refractivity contribution in [3.8, 4) is 5.75 Å². The fourth-order valence-corrected chi connectivity index (χ4v) is 2.69. The number of aromatic hydroxyl groups is 1. The normalized spacial score (nSPS) is 22.2. The number of hydrogen-bond acceptors (Lipinski definition) is 3. The topological polar surface area (TPSA) is 41.5 Å². The smallest absolute Gasteiger partial charge is 0.123 e. The summed E-state index contributed by atoms with van der Waals surface area (Å²) in [5.41, 5.74) is 1.09. The molecule has 0 amide bonds. The van der Waals surface area contributed by atoms with Crippen LogP contribution in [0.4, 0.5) is 5.69 Å². The van der Waals surface area contributed by atoms with E-state index in [1.54, 1.807) is 6.07 Å². The fraction of sp³-hybridized carbons (Fsp3) is 0.375. The zero-order valence-corrected chi connectivity index (χ0v) is 11.1. The maximum atomic E-state index is 9.87. The van der Waals surface area contributed by atoms with Crippen LogP contribution in [0.25, 0.3) is 10.8 Å². The first kappa shape index (κ1) is 12.3. The average molecular weight is 257 g/mol. The zero-order valence-electron chi connectivity index (χ0n) is 11.1. The molecule has 1 fully saturated rings. The average Bonchev–Trinajstić information content (AvgIpc) is 2.37. The highest BCUT2D eigenvalue weighted by molar-refractivity contribution is 5.97. The van der Waals surface area contributed by atoms with Crippen LogP contribution in [0.1, 0.15) is 19.8 Å². The molecule has 2 N–H and O–H groups in total. The quantitative estimate of drug-likeness (QED) is 0.880. The van der Waals surface area contributed by atoms with Gasteiger partial charge in [0.15, 0.2) is 0 Å². The molecule has 19 heavy (non-hydrogen) atoms. The molecule has 0 saturated heterocycles. The molecule has 1 saturated carbocycles. The van der Waals surface area contributed by atoms with Crippen molar-refractivity contribution in [3.05, 3.63) is 36.4 Å². The highest BCUT2D eigenvalue weighted by atomic mass is 16.5. The maximum Gasteiger partial charge on any atom is 0.123 e. The van der Waals surface area contributed by atoms with Gasteiger partial charge in [0.25, 0.3) is 0 Å². The first-order valence-electron chi connectivity index (χ1n) is 6.86. The van der Waals surface area contributed by atoms with Crippen molar-refractivity contribution in [1.29, 1.82) is 0 Å². The van der Waals surface area contributed by atoms with E-state index < -0.39 is 0 Å². The Bertz CT molecular complexity index is 576. The van der Waals surface area contributed by atoms with Crippen molar-refractivity contribution >= 4 is 16.5 Å². The van der Waals surface area contributed by atoms with Gasteiger partial charge >= 0.3 is 0 Å². The third-order valence-corrected chi connectivity index (χ3v) is 3.76. The van der Waals surface area contributed by atoms with E-state index in [2.05, 4.69) is 11.4 Å². The van der Waals surface area contributed by atoms with Crippen LogP contribution in [-0.4, -0.2) is 23.9 Å². The summed E-state index contributed by atoms with van der Waals surface area (Å²) >= 11 is 0. The first-order chi connectivity index (χ1) is 9.28. The van der Waals surface area contributed by atoms with Gasteiger partial charge in [-0.3, -0.25) is 0 Å². The van der Waals surface area contributed by atoms with Crippen molar-refractivity contribution < 1.29 is 9.84 Å². The van der Waals surface area contributed by atoms with E-state index >= 15 is 0 Å². The van der Waals surface area contributed by atoms with Crippen LogP contribution in [0.5, 0.6) is 5.75 Å². The molecule has 1 aliphatic carbocycles. The molecule has 1 aliphatic rings. The molecule has 0 aliphatic heterocycles. The van der Waals surface area contributed by atoms with Crippen molar-refractivity contribution in [2.24, 2.45) is 0 Å². The third-order valence-electron chi connectivity index (χ3n) is 3.76. The van der Waals surface area contributed by atoms with E-state index in [0.717, 1.165) is 35.9 Å². The Morgan fingerprint density at radius 1 is 1.16 bits per heavy atom. The van der Waals surface area contributed by atoms with Crippen LogP contribution < -0.4 is 5.32 Å². The van der Waals surface area contributed by atoms with Crippen LogP contribution in [0.3, 0.4) is 0 Å². The SMILES string of the molecule is CCOC1CC(Nc2cccc3c(O)cccc23)C1. The van der Waals surface area contributed by atoms with E-state index in [0.29, 0.717) is 17.9 Å². The highest BCUT2D eigenvalue weighted by Crippen LogP contribution is 2.33. The predicted molar refractivity (Wildman–Crippen MR) is 77.7 cm³/mol. The lowest BCUT2D eigenvalue weighted by atomic mass is 9.88. The molecule has 0 radical (unpaired) electrons.